The van der Waals surface area contributed by atoms with Crippen LogP contribution in [0.3, 0.4) is 0 Å². The molecule has 1 aromatic heterocycles. The van der Waals surface area contributed by atoms with Crippen molar-refractivity contribution in [3.8, 4) is 0 Å². The molecule has 0 aliphatic rings. The van der Waals surface area contributed by atoms with Crippen molar-refractivity contribution in [2.24, 2.45) is 0 Å². The molecule has 0 saturated heterocycles. The third-order valence-corrected chi connectivity index (χ3v) is 4.48. The van der Waals surface area contributed by atoms with Crippen LogP contribution in [0, 0.1) is 0 Å². The lowest BCUT2D eigenvalue weighted by molar-refractivity contribution is -0.137. The maximum Gasteiger partial charge on any atom is 0.303 e. The molecule has 3 N–H and O–H groups in total. The van der Waals surface area contributed by atoms with Crippen molar-refractivity contribution in [2.75, 3.05) is 12.3 Å². The van der Waals surface area contributed by atoms with Crippen LogP contribution in [0.15, 0.2) is 29.1 Å². The fourth-order valence-electron chi connectivity index (χ4n) is 2.25. The summed E-state index contributed by atoms with van der Waals surface area (Å²) in [5.41, 5.74) is 0.515. The van der Waals surface area contributed by atoms with Crippen LogP contribution in [0.2, 0.25) is 0 Å². The molecular weight excluding hydrogens is 342 g/mol. The molecule has 2 rings (SSSR count). The molecule has 0 aliphatic heterocycles. The molecule has 1 heterocycles. The number of carboxylic acids is 1. The molecule has 25 heavy (non-hydrogen) atoms. The van der Waals surface area contributed by atoms with E-state index < -0.39 is 5.97 Å². The summed E-state index contributed by atoms with van der Waals surface area (Å²) in [4.78, 5) is 41.2. The summed E-state index contributed by atoms with van der Waals surface area (Å²) >= 11 is 1.53. The zero-order valence-corrected chi connectivity index (χ0v) is 14.6. The SMILES string of the molecule is O=C(O)CCCCNC(=O)CCSCc1nc2ccccc2c(=O)[nH]1. The Labute approximate surface area is 149 Å². The lowest BCUT2D eigenvalue weighted by atomic mass is 10.2. The predicted octanol–water partition coefficient (Wildman–Crippen LogP) is 1.92. The lowest BCUT2D eigenvalue weighted by Crippen LogP contribution is -2.24. The molecule has 7 nitrogen and oxygen atoms in total. The van der Waals surface area contributed by atoms with Crippen molar-refractivity contribution in [2.45, 2.75) is 31.4 Å². The maximum absolute atomic E-state index is 11.9. The van der Waals surface area contributed by atoms with Crippen molar-refractivity contribution in [3.05, 3.63) is 40.4 Å². The third-order valence-electron chi connectivity index (χ3n) is 3.51. The summed E-state index contributed by atoms with van der Waals surface area (Å²) in [5.74, 6) is 0.886. The van der Waals surface area contributed by atoms with Gasteiger partial charge >= 0.3 is 5.97 Å². The van der Waals surface area contributed by atoms with Crippen LogP contribution in [0.5, 0.6) is 0 Å². The minimum atomic E-state index is -0.817. The smallest absolute Gasteiger partial charge is 0.303 e. The summed E-state index contributed by atoms with van der Waals surface area (Å²) < 4.78 is 0. The molecule has 0 unspecified atom stereocenters. The number of amides is 1. The minimum absolute atomic E-state index is 0.0530. The Hall–Kier alpha value is -2.35. The number of carbonyl (C=O) groups excluding carboxylic acids is 1. The molecule has 0 aliphatic carbocycles. The second-order valence-electron chi connectivity index (χ2n) is 5.53. The zero-order chi connectivity index (χ0) is 18.1. The normalized spacial score (nSPS) is 10.7. The fourth-order valence-corrected chi connectivity index (χ4v) is 3.06. The Kier molecular flexibility index (Phi) is 7.46. The number of H-pyrrole nitrogens is 1. The molecule has 0 bridgehead atoms. The molecule has 0 saturated carbocycles. The number of carboxylic acid groups (broad SMARTS) is 1. The maximum atomic E-state index is 11.9. The number of hydrogen-bond donors (Lipinski definition) is 3. The number of fused-ring (bicyclic) bond motifs is 1. The van der Waals surface area contributed by atoms with Gasteiger partial charge in [-0.1, -0.05) is 12.1 Å². The Bertz CT molecular complexity index is 791. The summed E-state index contributed by atoms with van der Waals surface area (Å²) in [7, 11) is 0. The second-order valence-corrected chi connectivity index (χ2v) is 6.64. The third kappa shape index (κ3) is 6.58. The molecule has 8 heteroatoms. The highest BCUT2D eigenvalue weighted by Gasteiger charge is 2.05. The number of aromatic nitrogens is 2. The summed E-state index contributed by atoms with van der Waals surface area (Å²) in [6, 6.07) is 7.18. The van der Waals surface area contributed by atoms with Gasteiger partial charge < -0.3 is 15.4 Å². The first-order chi connectivity index (χ1) is 12.1. The number of benzene rings is 1. The van der Waals surface area contributed by atoms with Gasteiger partial charge in [0.05, 0.1) is 16.7 Å². The number of aromatic amines is 1. The van der Waals surface area contributed by atoms with E-state index in [-0.39, 0.29) is 17.9 Å². The van der Waals surface area contributed by atoms with Gasteiger partial charge in [0, 0.05) is 25.1 Å². The van der Waals surface area contributed by atoms with E-state index in [0.717, 1.165) is 0 Å². The van der Waals surface area contributed by atoms with Gasteiger partial charge in [0.25, 0.3) is 5.56 Å². The Balaban J connectivity index is 1.66. The minimum Gasteiger partial charge on any atom is -0.481 e. The van der Waals surface area contributed by atoms with Crippen LogP contribution in [0.4, 0.5) is 0 Å². The predicted molar refractivity (Wildman–Crippen MR) is 97.6 cm³/mol. The van der Waals surface area contributed by atoms with Gasteiger partial charge in [-0.05, 0) is 25.0 Å². The first-order valence-electron chi connectivity index (χ1n) is 8.10. The number of nitrogens with zero attached hydrogens (tertiary/aromatic N) is 1. The fraction of sp³-hybridized carbons (Fsp3) is 0.412. The van der Waals surface area contributed by atoms with Crippen molar-refractivity contribution in [1.29, 1.82) is 0 Å². The van der Waals surface area contributed by atoms with Crippen LogP contribution < -0.4 is 10.9 Å². The molecule has 1 aromatic carbocycles. The van der Waals surface area contributed by atoms with Gasteiger partial charge in [-0.25, -0.2) is 4.98 Å². The first kappa shape index (κ1) is 19.0. The van der Waals surface area contributed by atoms with Gasteiger partial charge in [0.1, 0.15) is 5.82 Å². The van der Waals surface area contributed by atoms with E-state index in [4.69, 9.17) is 5.11 Å². The van der Waals surface area contributed by atoms with Gasteiger partial charge in [0.2, 0.25) is 5.91 Å². The lowest BCUT2D eigenvalue weighted by Gasteiger charge is -2.05. The first-order valence-corrected chi connectivity index (χ1v) is 9.26. The highest BCUT2D eigenvalue weighted by Crippen LogP contribution is 2.11. The molecule has 134 valence electrons. The number of rotatable bonds is 10. The van der Waals surface area contributed by atoms with Gasteiger partial charge in [-0.2, -0.15) is 11.8 Å². The molecule has 1 amide bonds. The monoisotopic (exact) mass is 363 g/mol. The van der Waals surface area contributed by atoms with Crippen LogP contribution in [-0.4, -0.2) is 39.2 Å². The Morgan fingerprint density at radius 2 is 2.00 bits per heavy atom. The average Bonchev–Trinajstić information content (AvgIpc) is 2.58. The molecule has 0 fully saturated rings. The van der Waals surface area contributed by atoms with Gasteiger partial charge in [-0.3, -0.25) is 14.4 Å². The highest BCUT2D eigenvalue weighted by molar-refractivity contribution is 7.98. The van der Waals surface area contributed by atoms with E-state index in [2.05, 4.69) is 15.3 Å². The van der Waals surface area contributed by atoms with Crippen molar-refractivity contribution < 1.29 is 14.7 Å². The second kappa shape index (κ2) is 9.83. The Morgan fingerprint density at radius 1 is 1.20 bits per heavy atom. The number of aliphatic carboxylic acids is 1. The summed E-state index contributed by atoms with van der Waals surface area (Å²) in [5, 5.41) is 11.9. The van der Waals surface area contributed by atoms with Crippen molar-refractivity contribution in [1.82, 2.24) is 15.3 Å². The van der Waals surface area contributed by atoms with E-state index in [1.165, 1.54) is 11.8 Å². The van der Waals surface area contributed by atoms with E-state index in [1.807, 2.05) is 6.07 Å². The van der Waals surface area contributed by atoms with E-state index >= 15 is 0 Å². The highest BCUT2D eigenvalue weighted by atomic mass is 32.2. The number of carbonyl (C=O) groups is 2. The zero-order valence-electron chi connectivity index (χ0n) is 13.8. The number of hydrogen-bond acceptors (Lipinski definition) is 5. The van der Waals surface area contributed by atoms with Crippen LogP contribution in [0.1, 0.15) is 31.5 Å². The van der Waals surface area contributed by atoms with Crippen LogP contribution >= 0.6 is 11.8 Å². The molecular formula is C17H21N3O4S. The molecule has 2 aromatic rings. The molecule has 0 radical (unpaired) electrons. The number of para-hydroxylation sites is 1. The molecule has 0 spiro atoms. The topological polar surface area (TPSA) is 112 Å². The van der Waals surface area contributed by atoms with Gasteiger partial charge in [0.15, 0.2) is 0 Å². The van der Waals surface area contributed by atoms with E-state index in [1.54, 1.807) is 18.2 Å². The standard InChI is InChI=1S/C17H21N3O4S/c21-15(18-9-4-3-7-16(22)23)8-10-25-11-14-19-13-6-2-1-5-12(13)17(24)20-14/h1-2,5-6H,3-4,7-11H2,(H,18,21)(H,22,23)(H,19,20,24). The van der Waals surface area contributed by atoms with E-state index in [9.17, 15) is 14.4 Å². The van der Waals surface area contributed by atoms with Crippen molar-refractivity contribution >= 4 is 34.5 Å². The largest absolute Gasteiger partial charge is 0.481 e. The van der Waals surface area contributed by atoms with Crippen LogP contribution in [-0.2, 0) is 15.3 Å². The summed E-state index contributed by atoms with van der Waals surface area (Å²) in [6.45, 7) is 0.496. The average molecular weight is 363 g/mol. The summed E-state index contributed by atoms with van der Waals surface area (Å²) in [6.07, 6.45) is 1.73. The number of thioether (sulfide) groups is 1. The van der Waals surface area contributed by atoms with Crippen molar-refractivity contribution in [3.63, 3.8) is 0 Å². The van der Waals surface area contributed by atoms with Crippen LogP contribution in [0.25, 0.3) is 10.9 Å². The Morgan fingerprint density at radius 3 is 2.80 bits per heavy atom. The van der Waals surface area contributed by atoms with Gasteiger partial charge in [-0.15, -0.1) is 0 Å². The van der Waals surface area contributed by atoms with E-state index in [0.29, 0.717) is 54.0 Å². The quantitative estimate of drug-likeness (QED) is 0.556. The number of unbranched alkanes of at least 4 members (excludes halogenated alkanes) is 1. The molecule has 0 atom stereocenters. The number of nitrogens with one attached hydrogen (secondary N) is 2.